The third-order valence-electron chi connectivity index (χ3n) is 5.12. The van der Waals surface area contributed by atoms with E-state index in [1.165, 1.54) is 13.3 Å². The number of hydrogen-bond donors (Lipinski definition) is 2. The number of ether oxygens (including phenoxy) is 2. The number of carbonyl (C=O) groups is 2. The molecule has 1 amide bonds. The lowest BCUT2D eigenvalue weighted by molar-refractivity contribution is -0.119. The van der Waals surface area contributed by atoms with Gasteiger partial charge in [-0.15, -0.1) is 0 Å². The van der Waals surface area contributed by atoms with Crippen LogP contribution in [0.3, 0.4) is 0 Å². The zero-order valence-corrected chi connectivity index (χ0v) is 19.6. The number of amides is 1. The molecule has 8 heteroatoms. The van der Waals surface area contributed by atoms with E-state index in [-0.39, 0.29) is 23.8 Å². The number of benzene rings is 4. The average Bonchev–Trinajstić information content (AvgIpc) is 2.88. The van der Waals surface area contributed by atoms with Crippen molar-refractivity contribution in [1.29, 1.82) is 0 Å². The van der Waals surface area contributed by atoms with Crippen molar-refractivity contribution in [3.05, 3.63) is 101 Å². The van der Waals surface area contributed by atoms with Crippen molar-refractivity contribution < 1.29 is 19.1 Å². The smallest absolute Gasteiger partial charge is 0.345 e. The molecule has 176 valence electrons. The number of nitrogens with one attached hydrogen (secondary N) is 2. The Labute approximate surface area is 207 Å². The molecule has 35 heavy (non-hydrogen) atoms. The van der Waals surface area contributed by atoms with Crippen LogP contribution in [-0.4, -0.2) is 31.7 Å². The van der Waals surface area contributed by atoms with Crippen molar-refractivity contribution in [2.24, 2.45) is 5.10 Å². The summed E-state index contributed by atoms with van der Waals surface area (Å²) < 4.78 is 10.8. The second-order valence-electron chi connectivity index (χ2n) is 7.45. The molecule has 0 radical (unpaired) electrons. The van der Waals surface area contributed by atoms with Crippen LogP contribution in [0.15, 0.2) is 90.0 Å². The minimum absolute atomic E-state index is 0.0611. The Morgan fingerprint density at radius 2 is 1.71 bits per heavy atom. The van der Waals surface area contributed by atoms with E-state index in [9.17, 15) is 9.59 Å². The number of fused-ring (bicyclic) bond motifs is 1. The molecule has 0 aliphatic heterocycles. The van der Waals surface area contributed by atoms with Crippen molar-refractivity contribution in [1.82, 2.24) is 5.43 Å². The number of halogens is 1. The van der Waals surface area contributed by atoms with Gasteiger partial charge in [0.15, 0.2) is 11.5 Å². The van der Waals surface area contributed by atoms with Crippen molar-refractivity contribution in [2.75, 3.05) is 19.0 Å². The Morgan fingerprint density at radius 1 is 0.943 bits per heavy atom. The minimum atomic E-state index is -0.596. The first-order chi connectivity index (χ1) is 17.0. The molecule has 0 bridgehead atoms. The van der Waals surface area contributed by atoms with Crippen molar-refractivity contribution in [3.63, 3.8) is 0 Å². The molecule has 7 nitrogen and oxygen atoms in total. The third-order valence-corrected chi connectivity index (χ3v) is 5.45. The number of carbonyl (C=O) groups excluding carboxylic acids is 2. The highest BCUT2D eigenvalue weighted by molar-refractivity contribution is 6.33. The molecule has 0 unspecified atom stereocenters. The van der Waals surface area contributed by atoms with E-state index in [4.69, 9.17) is 21.1 Å². The van der Waals surface area contributed by atoms with E-state index in [0.717, 1.165) is 16.5 Å². The lowest BCUT2D eigenvalue weighted by atomic mass is 10.1. The molecule has 2 N–H and O–H groups in total. The SMILES string of the molecule is COc1cc(/C=N/NC(=O)CNc2cccc3ccccc23)ccc1OC(=O)c1ccccc1Cl. The number of hydrazone groups is 1. The quantitative estimate of drug-likeness (QED) is 0.153. The summed E-state index contributed by atoms with van der Waals surface area (Å²) in [6, 6.07) is 25.3. The molecule has 0 fully saturated rings. The summed E-state index contributed by atoms with van der Waals surface area (Å²) in [5, 5.41) is 9.55. The highest BCUT2D eigenvalue weighted by Gasteiger charge is 2.15. The average molecular weight is 488 g/mol. The van der Waals surface area contributed by atoms with E-state index in [0.29, 0.717) is 16.3 Å². The van der Waals surface area contributed by atoms with E-state index in [1.807, 2.05) is 42.5 Å². The summed E-state index contributed by atoms with van der Waals surface area (Å²) in [6.45, 7) is 0.0611. The summed E-state index contributed by atoms with van der Waals surface area (Å²) in [7, 11) is 1.46. The predicted octanol–water partition coefficient (Wildman–Crippen LogP) is 5.28. The maximum absolute atomic E-state index is 12.4. The Hall–Kier alpha value is -4.36. The Morgan fingerprint density at radius 3 is 2.54 bits per heavy atom. The normalized spacial score (nSPS) is 10.8. The van der Waals surface area contributed by atoms with Gasteiger partial charge in [-0.2, -0.15) is 5.10 Å². The molecule has 4 aromatic rings. The van der Waals surface area contributed by atoms with Crippen molar-refractivity contribution in [3.8, 4) is 11.5 Å². The standard InChI is InChI=1S/C27H22ClN3O4/c1-34-25-15-18(13-14-24(25)35-27(33)21-10-4-5-11-22(21)28)16-30-31-26(32)17-29-23-12-6-8-19-7-2-3-9-20(19)23/h2-16,29H,17H2,1H3,(H,31,32)/b30-16+. The molecule has 4 aromatic carbocycles. The molecule has 0 saturated heterocycles. The fourth-order valence-corrected chi connectivity index (χ4v) is 3.62. The second-order valence-corrected chi connectivity index (χ2v) is 7.86. The molecule has 0 atom stereocenters. The van der Waals surface area contributed by atoms with Gasteiger partial charge >= 0.3 is 5.97 Å². The van der Waals surface area contributed by atoms with E-state index < -0.39 is 5.97 Å². The van der Waals surface area contributed by atoms with Crippen LogP contribution < -0.4 is 20.2 Å². The maximum Gasteiger partial charge on any atom is 0.345 e. The van der Waals surface area contributed by atoms with Gasteiger partial charge in [0.1, 0.15) is 0 Å². The Bertz CT molecular complexity index is 1400. The summed E-state index contributed by atoms with van der Waals surface area (Å²) in [6.07, 6.45) is 1.47. The van der Waals surface area contributed by atoms with Gasteiger partial charge in [-0.3, -0.25) is 4.79 Å². The van der Waals surface area contributed by atoms with Crippen LogP contribution in [0.4, 0.5) is 5.69 Å². The van der Waals surface area contributed by atoms with Crippen molar-refractivity contribution in [2.45, 2.75) is 0 Å². The largest absolute Gasteiger partial charge is 0.493 e. The lowest BCUT2D eigenvalue weighted by Crippen LogP contribution is -2.25. The molecular weight excluding hydrogens is 466 g/mol. The zero-order valence-electron chi connectivity index (χ0n) is 18.8. The number of hydrogen-bond acceptors (Lipinski definition) is 6. The summed E-state index contributed by atoms with van der Waals surface area (Å²) >= 11 is 6.06. The number of anilines is 1. The molecule has 4 rings (SSSR count). The first-order valence-corrected chi connectivity index (χ1v) is 11.1. The Kier molecular flexibility index (Phi) is 7.60. The van der Waals surface area contributed by atoms with Gasteiger partial charge < -0.3 is 14.8 Å². The summed E-state index contributed by atoms with van der Waals surface area (Å²) in [4.78, 5) is 24.7. The first-order valence-electron chi connectivity index (χ1n) is 10.7. The van der Waals surface area contributed by atoms with Crippen LogP contribution >= 0.6 is 11.6 Å². The first kappa shape index (κ1) is 23.8. The molecular formula is C27H22ClN3O4. The predicted molar refractivity (Wildman–Crippen MR) is 138 cm³/mol. The minimum Gasteiger partial charge on any atom is -0.493 e. The van der Waals surface area contributed by atoms with Gasteiger partial charge in [-0.05, 0) is 47.3 Å². The Balaban J connectivity index is 1.35. The third kappa shape index (κ3) is 5.96. The van der Waals surface area contributed by atoms with Crippen molar-refractivity contribution >= 4 is 46.2 Å². The van der Waals surface area contributed by atoms with E-state index in [2.05, 4.69) is 15.8 Å². The molecule has 0 aromatic heterocycles. The summed E-state index contributed by atoms with van der Waals surface area (Å²) in [5.41, 5.74) is 4.25. The second kappa shape index (κ2) is 11.2. The van der Waals surface area contributed by atoms with Crippen LogP contribution in [0, 0.1) is 0 Å². The fourth-order valence-electron chi connectivity index (χ4n) is 3.40. The molecule has 0 saturated carbocycles. The number of methoxy groups -OCH3 is 1. The number of nitrogens with zero attached hydrogens (tertiary/aromatic N) is 1. The van der Waals surface area contributed by atoms with Crippen LogP contribution in [-0.2, 0) is 4.79 Å². The molecule has 0 aliphatic carbocycles. The van der Waals surface area contributed by atoms with Gasteiger partial charge in [0, 0.05) is 11.1 Å². The number of rotatable bonds is 8. The lowest BCUT2D eigenvalue weighted by Gasteiger charge is -2.10. The van der Waals surface area contributed by atoms with E-state index in [1.54, 1.807) is 42.5 Å². The molecule has 0 spiro atoms. The molecule has 0 aliphatic rings. The maximum atomic E-state index is 12.4. The van der Waals surface area contributed by atoms with Crippen LogP contribution in [0.5, 0.6) is 11.5 Å². The van der Waals surface area contributed by atoms with Gasteiger partial charge in [0.25, 0.3) is 5.91 Å². The van der Waals surface area contributed by atoms with Gasteiger partial charge in [-0.25, -0.2) is 10.2 Å². The van der Waals surface area contributed by atoms with Gasteiger partial charge in [-0.1, -0.05) is 60.1 Å². The van der Waals surface area contributed by atoms with Crippen LogP contribution in [0.2, 0.25) is 5.02 Å². The van der Waals surface area contributed by atoms with Crippen LogP contribution in [0.25, 0.3) is 10.8 Å². The fraction of sp³-hybridized carbons (Fsp3) is 0.0741. The zero-order chi connectivity index (χ0) is 24.6. The van der Waals surface area contributed by atoms with Gasteiger partial charge in [0.05, 0.1) is 30.5 Å². The van der Waals surface area contributed by atoms with E-state index >= 15 is 0 Å². The highest BCUT2D eigenvalue weighted by Crippen LogP contribution is 2.29. The highest BCUT2D eigenvalue weighted by atomic mass is 35.5. The van der Waals surface area contributed by atoms with Crippen LogP contribution in [0.1, 0.15) is 15.9 Å². The summed E-state index contributed by atoms with van der Waals surface area (Å²) in [5.74, 6) is -0.330. The topological polar surface area (TPSA) is 89.0 Å². The monoisotopic (exact) mass is 487 g/mol. The number of esters is 1. The van der Waals surface area contributed by atoms with Gasteiger partial charge in [0.2, 0.25) is 0 Å². The molecule has 0 heterocycles.